The Kier molecular flexibility index (Phi) is 5.42. The van der Waals surface area contributed by atoms with Crippen molar-refractivity contribution in [2.24, 2.45) is 0 Å². The largest absolute Gasteiger partial charge is 0.268 e. The SMILES string of the molecule is CC[I+]CC. The van der Waals surface area contributed by atoms with Crippen LogP contribution in [0.15, 0.2) is 0 Å². The molecule has 0 aliphatic heterocycles. The van der Waals surface area contributed by atoms with Crippen molar-refractivity contribution in [1.82, 2.24) is 0 Å². The van der Waals surface area contributed by atoms with Gasteiger partial charge in [-0.05, 0) is 13.8 Å². The maximum Gasteiger partial charge on any atom is 0.268 e. The van der Waals surface area contributed by atoms with Gasteiger partial charge in [-0.2, -0.15) is 0 Å². The van der Waals surface area contributed by atoms with E-state index in [0.29, 0.717) is 21.2 Å². The second-order valence-electron chi connectivity index (χ2n) is 0.724. The molecule has 0 unspecified atom stereocenters. The molecule has 0 saturated heterocycles. The summed E-state index contributed by atoms with van der Waals surface area (Å²) in [5.74, 6) is 0. The third-order valence-electron chi connectivity index (χ3n) is 0.378. The predicted molar refractivity (Wildman–Crippen MR) is 21.1 cm³/mol. The summed E-state index contributed by atoms with van der Waals surface area (Å²) in [6.07, 6.45) is 0. The van der Waals surface area contributed by atoms with Crippen LogP contribution in [0.25, 0.3) is 0 Å². The highest BCUT2D eigenvalue weighted by molar-refractivity contribution is 3.95. The van der Waals surface area contributed by atoms with E-state index in [1.807, 2.05) is 0 Å². The molecule has 32 valence electrons. The number of hydrogen-bond donors (Lipinski definition) is 0. The Morgan fingerprint density at radius 2 is 1.60 bits per heavy atom. The van der Waals surface area contributed by atoms with Gasteiger partial charge in [-0.15, -0.1) is 0 Å². The standard InChI is InChI=1S/C4H10I/c1-3-5-4-2/h3-4H2,1-2H3/q+1. The first-order valence-electron chi connectivity index (χ1n) is 1.95. The fraction of sp³-hybridized carbons (Fsp3) is 1.00. The Labute approximate surface area is 44.2 Å². The number of hydrogen-bond acceptors (Lipinski definition) is 0. The van der Waals surface area contributed by atoms with E-state index in [1.54, 1.807) is 0 Å². The van der Waals surface area contributed by atoms with Crippen LogP contribution in [0.1, 0.15) is 13.8 Å². The number of rotatable bonds is 2. The Bertz CT molecular complexity index is 11.1. The van der Waals surface area contributed by atoms with E-state index in [9.17, 15) is 0 Å². The van der Waals surface area contributed by atoms with E-state index in [1.165, 1.54) is 8.86 Å². The highest BCUT2D eigenvalue weighted by atomic mass is 127. The van der Waals surface area contributed by atoms with Gasteiger partial charge < -0.3 is 0 Å². The monoisotopic (exact) mass is 185 g/mol. The van der Waals surface area contributed by atoms with Crippen LogP contribution in [-0.2, 0) is 0 Å². The van der Waals surface area contributed by atoms with Crippen LogP contribution < -0.4 is 21.2 Å². The van der Waals surface area contributed by atoms with E-state index >= 15 is 0 Å². The minimum absolute atomic E-state index is 0.631. The third kappa shape index (κ3) is 4.73. The zero-order valence-corrected chi connectivity index (χ0v) is 5.95. The molecular formula is C4H10I+. The van der Waals surface area contributed by atoms with Crippen molar-refractivity contribution < 1.29 is 21.2 Å². The van der Waals surface area contributed by atoms with Gasteiger partial charge in [-0.1, -0.05) is 0 Å². The van der Waals surface area contributed by atoms with Crippen molar-refractivity contribution in [2.75, 3.05) is 8.86 Å². The zero-order chi connectivity index (χ0) is 4.12. The van der Waals surface area contributed by atoms with Gasteiger partial charge in [-0.25, -0.2) is 0 Å². The molecule has 0 aromatic rings. The van der Waals surface area contributed by atoms with Crippen LogP contribution in [0.3, 0.4) is 0 Å². The number of halogens is 1. The number of alkyl halides is 2. The van der Waals surface area contributed by atoms with E-state index in [4.69, 9.17) is 0 Å². The quantitative estimate of drug-likeness (QED) is 0.348. The molecule has 0 heterocycles. The van der Waals surface area contributed by atoms with Gasteiger partial charge in [-0.3, -0.25) is 0 Å². The average molecular weight is 185 g/mol. The van der Waals surface area contributed by atoms with Gasteiger partial charge in [0.05, 0.1) is 0 Å². The molecule has 0 aromatic heterocycles. The van der Waals surface area contributed by atoms with Crippen molar-refractivity contribution in [3.05, 3.63) is 0 Å². The Morgan fingerprint density at radius 1 is 1.20 bits per heavy atom. The highest BCUT2D eigenvalue weighted by Gasteiger charge is 1.90. The highest BCUT2D eigenvalue weighted by Crippen LogP contribution is 1.21. The van der Waals surface area contributed by atoms with E-state index in [0.717, 1.165) is 0 Å². The molecule has 0 fully saturated rings. The molecule has 0 N–H and O–H groups in total. The summed E-state index contributed by atoms with van der Waals surface area (Å²) in [6, 6.07) is 0. The molecule has 0 spiro atoms. The molecule has 0 bridgehead atoms. The maximum atomic E-state index is 2.26. The normalized spacial score (nSPS) is 8.40. The van der Waals surface area contributed by atoms with Crippen molar-refractivity contribution >= 4 is 0 Å². The Balaban J connectivity index is 2.19. The first-order valence-corrected chi connectivity index (χ1v) is 5.00. The lowest BCUT2D eigenvalue weighted by Gasteiger charge is -1.58. The summed E-state index contributed by atoms with van der Waals surface area (Å²) in [7, 11) is 0. The lowest BCUT2D eigenvalue weighted by atomic mass is 11.0. The first-order chi connectivity index (χ1) is 2.41. The van der Waals surface area contributed by atoms with Crippen molar-refractivity contribution in [3.8, 4) is 0 Å². The Hall–Kier alpha value is 0.730. The minimum Gasteiger partial charge on any atom is -0.0209 e. The fourth-order valence-electron chi connectivity index (χ4n) is 0.189. The molecule has 0 nitrogen and oxygen atoms in total. The van der Waals surface area contributed by atoms with Crippen molar-refractivity contribution in [3.63, 3.8) is 0 Å². The summed E-state index contributed by atoms with van der Waals surface area (Å²) in [4.78, 5) is 0. The van der Waals surface area contributed by atoms with Crippen LogP contribution in [0.2, 0.25) is 0 Å². The average Bonchev–Trinajstić information content (AvgIpc) is 1.41. The summed E-state index contributed by atoms with van der Waals surface area (Å²) in [5.41, 5.74) is 0. The molecule has 0 amide bonds. The molecule has 0 radical (unpaired) electrons. The smallest absolute Gasteiger partial charge is 0.0209 e. The second-order valence-corrected chi connectivity index (χ2v) is 4.85. The van der Waals surface area contributed by atoms with Crippen LogP contribution in [0.4, 0.5) is 0 Å². The van der Waals surface area contributed by atoms with Gasteiger partial charge >= 0.3 is 0 Å². The van der Waals surface area contributed by atoms with E-state index in [2.05, 4.69) is 13.8 Å². The van der Waals surface area contributed by atoms with Crippen LogP contribution in [0, 0.1) is 0 Å². The first kappa shape index (κ1) is 5.73. The molecular weight excluding hydrogens is 175 g/mol. The fourth-order valence-corrected chi connectivity index (χ4v) is 1.27. The molecule has 0 aliphatic rings. The van der Waals surface area contributed by atoms with Gasteiger partial charge in [0.1, 0.15) is 8.86 Å². The summed E-state index contributed by atoms with van der Waals surface area (Å²) < 4.78 is 2.91. The van der Waals surface area contributed by atoms with Gasteiger partial charge in [0.2, 0.25) is 0 Å². The minimum atomic E-state index is 0.631. The van der Waals surface area contributed by atoms with Gasteiger partial charge in [0, 0.05) is 0 Å². The summed E-state index contributed by atoms with van der Waals surface area (Å²) >= 11 is 0.631. The summed E-state index contributed by atoms with van der Waals surface area (Å²) in [6.45, 7) is 4.52. The van der Waals surface area contributed by atoms with Gasteiger partial charge in [0.25, 0.3) is 21.2 Å². The van der Waals surface area contributed by atoms with E-state index < -0.39 is 0 Å². The molecule has 0 atom stereocenters. The lowest BCUT2D eigenvalue weighted by Crippen LogP contribution is -3.63. The third-order valence-corrected chi connectivity index (χ3v) is 2.54. The molecule has 0 saturated carbocycles. The molecule has 0 rings (SSSR count). The Morgan fingerprint density at radius 3 is 1.60 bits per heavy atom. The predicted octanol–water partition coefficient (Wildman–Crippen LogP) is -1.88. The zero-order valence-electron chi connectivity index (χ0n) is 3.79. The second kappa shape index (κ2) is 4.73. The lowest BCUT2D eigenvalue weighted by molar-refractivity contribution is -0.648. The topological polar surface area (TPSA) is 0 Å². The summed E-state index contributed by atoms with van der Waals surface area (Å²) in [5, 5.41) is 0. The van der Waals surface area contributed by atoms with Crippen LogP contribution >= 0.6 is 0 Å². The molecule has 5 heavy (non-hydrogen) atoms. The van der Waals surface area contributed by atoms with Crippen molar-refractivity contribution in [2.45, 2.75) is 13.8 Å². The van der Waals surface area contributed by atoms with Crippen LogP contribution in [-0.4, -0.2) is 8.86 Å². The van der Waals surface area contributed by atoms with Crippen molar-refractivity contribution in [1.29, 1.82) is 0 Å². The maximum absolute atomic E-state index is 2.26. The molecule has 1 heteroatoms. The molecule has 0 aromatic carbocycles. The molecule has 0 aliphatic carbocycles. The van der Waals surface area contributed by atoms with E-state index in [-0.39, 0.29) is 0 Å². The van der Waals surface area contributed by atoms with Crippen LogP contribution in [0.5, 0.6) is 0 Å². The van der Waals surface area contributed by atoms with Gasteiger partial charge in [0.15, 0.2) is 0 Å².